The van der Waals surface area contributed by atoms with Crippen molar-refractivity contribution in [1.29, 1.82) is 0 Å². The van der Waals surface area contributed by atoms with Crippen molar-refractivity contribution in [2.24, 2.45) is 5.92 Å². The van der Waals surface area contributed by atoms with Crippen LogP contribution in [0, 0.1) is 5.92 Å². The Morgan fingerprint density at radius 1 is 1.32 bits per heavy atom. The maximum atomic E-state index is 12.3. The summed E-state index contributed by atoms with van der Waals surface area (Å²) < 4.78 is 2.66. The van der Waals surface area contributed by atoms with Crippen molar-refractivity contribution in [3.8, 4) is 0 Å². The summed E-state index contributed by atoms with van der Waals surface area (Å²) in [5.41, 5.74) is 0.770. The fourth-order valence-corrected chi connectivity index (χ4v) is 4.68. The van der Waals surface area contributed by atoms with Crippen LogP contribution in [0.5, 0.6) is 0 Å². The van der Waals surface area contributed by atoms with E-state index in [1.807, 2.05) is 17.0 Å². The molecule has 6 heteroatoms. The highest BCUT2D eigenvalue weighted by Gasteiger charge is 2.22. The van der Waals surface area contributed by atoms with Crippen molar-refractivity contribution < 1.29 is 4.79 Å². The van der Waals surface area contributed by atoms with Gasteiger partial charge < -0.3 is 10.2 Å². The van der Waals surface area contributed by atoms with Gasteiger partial charge in [0.1, 0.15) is 0 Å². The molecule has 1 saturated heterocycles. The smallest absolute Gasteiger partial charge is 0.321 e. The summed E-state index contributed by atoms with van der Waals surface area (Å²) in [5.74, 6) is 0.580. The third-order valence-electron chi connectivity index (χ3n) is 3.18. The number of anilines is 1. The van der Waals surface area contributed by atoms with E-state index >= 15 is 0 Å². The number of urea groups is 1. The van der Waals surface area contributed by atoms with E-state index in [1.165, 1.54) is 6.42 Å². The van der Waals surface area contributed by atoms with E-state index in [0.29, 0.717) is 5.92 Å². The minimum atomic E-state index is -0.0322. The summed E-state index contributed by atoms with van der Waals surface area (Å²) in [6.45, 7) is 3.85. The summed E-state index contributed by atoms with van der Waals surface area (Å²) in [6.07, 6.45) is 2.28. The first-order valence-electron chi connectivity index (χ1n) is 6.18. The van der Waals surface area contributed by atoms with Crippen molar-refractivity contribution in [3.63, 3.8) is 0 Å². The lowest BCUT2D eigenvalue weighted by Crippen LogP contribution is -2.41. The maximum absolute atomic E-state index is 12.3. The molecule has 1 N–H and O–H groups in total. The Morgan fingerprint density at radius 2 is 1.95 bits per heavy atom. The number of carbonyl (C=O) groups is 1. The highest BCUT2D eigenvalue weighted by atomic mass is 79.9. The lowest BCUT2D eigenvalue weighted by atomic mass is 10.0. The largest absolute Gasteiger partial charge is 0.324 e. The van der Waals surface area contributed by atoms with Gasteiger partial charge in [0.25, 0.3) is 0 Å². The molecule has 0 spiro atoms. The van der Waals surface area contributed by atoms with Crippen LogP contribution in [0.2, 0.25) is 0 Å². The van der Waals surface area contributed by atoms with Gasteiger partial charge in [0, 0.05) is 26.5 Å². The molecule has 19 heavy (non-hydrogen) atoms. The van der Waals surface area contributed by atoms with Crippen LogP contribution in [-0.2, 0) is 0 Å². The van der Waals surface area contributed by atoms with Crippen molar-refractivity contribution >= 4 is 59.5 Å². The van der Waals surface area contributed by atoms with Crippen LogP contribution < -0.4 is 5.32 Å². The minimum absolute atomic E-state index is 0.0322. The molecule has 0 saturated carbocycles. The number of benzene rings is 1. The van der Waals surface area contributed by atoms with Gasteiger partial charge in [0.15, 0.2) is 0 Å². The standard InChI is InChI=1S/C13H15Br3N2O/c1-8-3-2-4-18(7-8)13(19)17-12-10(15)5-9(14)6-11(12)16/h5-6,8H,2-4,7H2,1H3,(H,17,19). The molecular weight excluding hydrogens is 440 g/mol. The van der Waals surface area contributed by atoms with Gasteiger partial charge in [-0.05, 0) is 62.8 Å². The number of rotatable bonds is 1. The zero-order valence-electron chi connectivity index (χ0n) is 10.5. The van der Waals surface area contributed by atoms with Gasteiger partial charge in [0.05, 0.1) is 5.69 Å². The Hall–Kier alpha value is -0.0700. The molecular formula is C13H15Br3N2O. The van der Waals surface area contributed by atoms with Crippen LogP contribution in [0.15, 0.2) is 25.6 Å². The number of piperidine rings is 1. The molecule has 1 unspecified atom stereocenters. The number of amides is 2. The molecule has 104 valence electrons. The van der Waals surface area contributed by atoms with Gasteiger partial charge in [0.2, 0.25) is 0 Å². The number of nitrogens with one attached hydrogen (secondary N) is 1. The van der Waals surface area contributed by atoms with Crippen molar-refractivity contribution in [1.82, 2.24) is 4.90 Å². The zero-order chi connectivity index (χ0) is 14.0. The topological polar surface area (TPSA) is 32.3 Å². The Kier molecular flexibility index (Phi) is 5.31. The van der Waals surface area contributed by atoms with E-state index in [9.17, 15) is 4.79 Å². The first-order chi connectivity index (χ1) is 8.97. The summed E-state index contributed by atoms with van der Waals surface area (Å²) >= 11 is 10.4. The van der Waals surface area contributed by atoms with Gasteiger partial charge in [-0.1, -0.05) is 22.9 Å². The fraction of sp³-hybridized carbons (Fsp3) is 0.462. The third-order valence-corrected chi connectivity index (χ3v) is 4.89. The van der Waals surface area contributed by atoms with Gasteiger partial charge >= 0.3 is 6.03 Å². The Morgan fingerprint density at radius 3 is 2.53 bits per heavy atom. The summed E-state index contributed by atoms with van der Waals surface area (Å²) in [4.78, 5) is 14.1. The van der Waals surface area contributed by atoms with Gasteiger partial charge in [-0.2, -0.15) is 0 Å². The van der Waals surface area contributed by atoms with E-state index in [0.717, 1.165) is 38.6 Å². The first-order valence-corrected chi connectivity index (χ1v) is 8.55. The molecule has 2 rings (SSSR count). The molecule has 0 aromatic heterocycles. The Balaban J connectivity index is 2.10. The van der Waals surface area contributed by atoms with Crippen LogP contribution in [0.4, 0.5) is 10.5 Å². The molecule has 1 atom stereocenters. The van der Waals surface area contributed by atoms with Crippen molar-refractivity contribution in [2.45, 2.75) is 19.8 Å². The van der Waals surface area contributed by atoms with Crippen LogP contribution in [0.1, 0.15) is 19.8 Å². The van der Waals surface area contributed by atoms with Crippen LogP contribution in [0.3, 0.4) is 0 Å². The Labute approximate surface area is 138 Å². The lowest BCUT2D eigenvalue weighted by Gasteiger charge is -2.31. The zero-order valence-corrected chi connectivity index (χ0v) is 15.3. The molecule has 3 nitrogen and oxygen atoms in total. The molecule has 1 aromatic rings. The third kappa shape index (κ3) is 3.95. The second-order valence-corrected chi connectivity index (χ2v) is 7.49. The lowest BCUT2D eigenvalue weighted by molar-refractivity contribution is 0.182. The number of carbonyl (C=O) groups excluding carboxylic acids is 1. The number of hydrogen-bond donors (Lipinski definition) is 1. The van der Waals surface area contributed by atoms with Crippen molar-refractivity contribution in [2.75, 3.05) is 18.4 Å². The van der Waals surface area contributed by atoms with Crippen LogP contribution in [-0.4, -0.2) is 24.0 Å². The number of likely N-dealkylation sites (tertiary alicyclic amines) is 1. The second-order valence-electron chi connectivity index (χ2n) is 4.87. The Bertz CT molecular complexity index is 470. The maximum Gasteiger partial charge on any atom is 0.321 e. The predicted molar refractivity (Wildman–Crippen MR) is 88.5 cm³/mol. The van der Waals surface area contributed by atoms with E-state index in [2.05, 4.69) is 60.0 Å². The highest BCUT2D eigenvalue weighted by molar-refractivity contribution is 9.11. The molecule has 2 amide bonds. The molecule has 1 fully saturated rings. The van der Waals surface area contributed by atoms with E-state index < -0.39 is 0 Å². The normalized spacial score (nSPS) is 19.4. The van der Waals surface area contributed by atoms with Crippen molar-refractivity contribution in [3.05, 3.63) is 25.6 Å². The number of hydrogen-bond acceptors (Lipinski definition) is 1. The molecule has 0 radical (unpaired) electrons. The van der Waals surface area contributed by atoms with Gasteiger partial charge in [-0.15, -0.1) is 0 Å². The highest BCUT2D eigenvalue weighted by Crippen LogP contribution is 2.34. The van der Waals surface area contributed by atoms with Crippen LogP contribution >= 0.6 is 47.8 Å². The van der Waals surface area contributed by atoms with Gasteiger partial charge in [-0.3, -0.25) is 0 Å². The number of nitrogens with zero attached hydrogens (tertiary/aromatic N) is 1. The summed E-state index contributed by atoms with van der Waals surface area (Å²) in [7, 11) is 0. The molecule has 1 heterocycles. The fourth-order valence-electron chi connectivity index (χ4n) is 2.22. The predicted octanol–water partition coefficient (Wildman–Crippen LogP) is 5.24. The molecule has 0 bridgehead atoms. The summed E-state index contributed by atoms with van der Waals surface area (Å²) in [5, 5.41) is 2.97. The minimum Gasteiger partial charge on any atom is -0.324 e. The molecule has 1 aliphatic heterocycles. The molecule has 1 aromatic carbocycles. The van der Waals surface area contributed by atoms with Crippen LogP contribution in [0.25, 0.3) is 0 Å². The SMILES string of the molecule is CC1CCCN(C(=O)Nc2c(Br)cc(Br)cc2Br)C1. The average molecular weight is 455 g/mol. The first kappa shape index (κ1) is 15.3. The molecule has 1 aliphatic rings. The average Bonchev–Trinajstić information content (AvgIpc) is 2.33. The summed E-state index contributed by atoms with van der Waals surface area (Å²) in [6, 6.07) is 3.80. The quantitative estimate of drug-likeness (QED) is 0.618. The van der Waals surface area contributed by atoms with Gasteiger partial charge in [-0.25, -0.2) is 4.79 Å². The number of halogens is 3. The monoisotopic (exact) mass is 452 g/mol. The van der Waals surface area contributed by atoms with E-state index in [4.69, 9.17) is 0 Å². The van der Waals surface area contributed by atoms with E-state index in [1.54, 1.807) is 0 Å². The van der Waals surface area contributed by atoms with E-state index in [-0.39, 0.29) is 6.03 Å². The molecule has 0 aliphatic carbocycles. The second kappa shape index (κ2) is 6.59.